The third kappa shape index (κ3) is 4.61. The van der Waals surface area contributed by atoms with Crippen molar-refractivity contribution < 1.29 is 9.47 Å². The standard InChI is InChI=1S/C18H34N4O2/c1-19-17(20-14-16-6-5-11-24-16)21-15-18(7-3-2-4-8-18)22-9-12-23-13-10-22/h16H,2-15H2,1H3,(H2,19,20,21). The van der Waals surface area contributed by atoms with Gasteiger partial charge in [0.2, 0.25) is 0 Å². The Bertz CT molecular complexity index is 398. The second kappa shape index (κ2) is 9.02. The van der Waals surface area contributed by atoms with E-state index in [0.29, 0.717) is 6.10 Å². The van der Waals surface area contributed by atoms with Gasteiger partial charge in [0.15, 0.2) is 5.96 Å². The average Bonchev–Trinajstić information content (AvgIpc) is 3.17. The van der Waals surface area contributed by atoms with E-state index >= 15 is 0 Å². The summed E-state index contributed by atoms with van der Waals surface area (Å²) in [6.45, 7) is 6.58. The first-order chi connectivity index (χ1) is 11.8. The summed E-state index contributed by atoms with van der Waals surface area (Å²) in [4.78, 5) is 7.07. The van der Waals surface area contributed by atoms with E-state index in [2.05, 4.69) is 20.5 Å². The summed E-state index contributed by atoms with van der Waals surface area (Å²) in [7, 11) is 1.85. The quantitative estimate of drug-likeness (QED) is 0.586. The Balaban J connectivity index is 1.53. The Labute approximate surface area is 146 Å². The van der Waals surface area contributed by atoms with Crippen LogP contribution in [0.5, 0.6) is 0 Å². The fraction of sp³-hybridized carbons (Fsp3) is 0.944. The van der Waals surface area contributed by atoms with E-state index in [1.807, 2.05) is 7.05 Å². The Morgan fingerprint density at radius 2 is 1.88 bits per heavy atom. The second-order valence-electron chi connectivity index (χ2n) is 7.33. The van der Waals surface area contributed by atoms with Crippen molar-refractivity contribution in [2.45, 2.75) is 56.6 Å². The Hall–Kier alpha value is -0.850. The van der Waals surface area contributed by atoms with E-state index in [4.69, 9.17) is 9.47 Å². The molecular formula is C18H34N4O2. The van der Waals surface area contributed by atoms with Gasteiger partial charge in [0.25, 0.3) is 0 Å². The zero-order valence-electron chi connectivity index (χ0n) is 15.2. The molecule has 3 rings (SSSR count). The predicted octanol–water partition coefficient (Wildman–Crippen LogP) is 1.37. The van der Waals surface area contributed by atoms with Gasteiger partial charge in [-0.25, -0.2) is 0 Å². The number of hydrogen-bond acceptors (Lipinski definition) is 4. The molecule has 0 aromatic rings. The molecule has 24 heavy (non-hydrogen) atoms. The van der Waals surface area contributed by atoms with Crippen LogP contribution in [0.15, 0.2) is 4.99 Å². The highest BCUT2D eigenvalue weighted by atomic mass is 16.5. The molecule has 0 amide bonds. The van der Waals surface area contributed by atoms with Crippen molar-refractivity contribution in [2.24, 2.45) is 4.99 Å². The third-order valence-corrected chi connectivity index (χ3v) is 5.80. The molecule has 6 heteroatoms. The van der Waals surface area contributed by atoms with Crippen molar-refractivity contribution in [2.75, 3.05) is 53.0 Å². The summed E-state index contributed by atoms with van der Waals surface area (Å²) in [5.74, 6) is 0.906. The minimum Gasteiger partial charge on any atom is -0.379 e. The Morgan fingerprint density at radius 3 is 2.54 bits per heavy atom. The van der Waals surface area contributed by atoms with Gasteiger partial charge in [-0.3, -0.25) is 9.89 Å². The SMILES string of the molecule is CN=C(NCC1CCCO1)NCC1(N2CCOCC2)CCCCC1. The molecule has 0 radical (unpaired) electrons. The molecule has 1 unspecified atom stereocenters. The van der Waals surface area contributed by atoms with Crippen LogP contribution in [-0.2, 0) is 9.47 Å². The van der Waals surface area contributed by atoms with Crippen LogP contribution >= 0.6 is 0 Å². The monoisotopic (exact) mass is 338 g/mol. The topological polar surface area (TPSA) is 58.1 Å². The molecule has 2 N–H and O–H groups in total. The van der Waals surface area contributed by atoms with Crippen molar-refractivity contribution in [3.63, 3.8) is 0 Å². The molecule has 0 aromatic carbocycles. The van der Waals surface area contributed by atoms with Gasteiger partial charge in [0.1, 0.15) is 0 Å². The van der Waals surface area contributed by atoms with Crippen molar-refractivity contribution in [1.82, 2.24) is 15.5 Å². The zero-order valence-corrected chi connectivity index (χ0v) is 15.2. The maximum absolute atomic E-state index is 5.69. The zero-order chi connectivity index (χ0) is 16.7. The first kappa shape index (κ1) is 18.0. The Morgan fingerprint density at radius 1 is 1.08 bits per heavy atom. The summed E-state index contributed by atoms with van der Waals surface area (Å²) >= 11 is 0. The molecule has 3 fully saturated rings. The first-order valence-corrected chi connectivity index (χ1v) is 9.71. The van der Waals surface area contributed by atoms with Gasteiger partial charge in [0, 0.05) is 45.4 Å². The van der Waals surface area contributed by atoms with E-state index < -0.39 is 0 Å². The highest BCUT2D eigenvalue weighted by Crippen LogP contribution is 2.33. The van der Waals surface area contributed by atoms with Crippen LogP contribution in [0.3, 0.4) is 0 Å². The van der Waals surface area contributed by atoms with E-state index in [-0.39, 0.29) is 5.54 Å². The minimum absolute atomic E-state index is 0.267. The van der Waals surface area contributed by atoms with Crippen LogP contribution in [0.4, 0.5) is 0 Å². The number of ether oxygens (including phenoxy) is 2. The lowest BCUT2D eigenvalue weighted by molar-refractivity contribution is -0.0352. The summed E-state index contributed by atoms with van der Waals surface area (Å²) in [6, 6.07) is 0. The number of rotatable bonds is 5. The first-order valence-electron chi connectivity index (χ1n) is 9.71. The summed E-state index contributed by atoms with van der Waals surface area (Å²) < 4.78 is 11.3. The molecule has 0 spiro atoms. The lowest BCUT2D eigenvalue weighted by atomic mass is 9.80. The highest BCUT2D eigenvalue weighted by Gasteiger charge is 2.38. The van der Waals surface area contributed by atoms with Gasteiger partial charge < -0.3 is 20.1 Å². The van der Waals surface area contributed by atoms with E-state index in [1.165, 1.54) is 38.5 Å². The molecule has 6 nitrogen and oxygen atoms in total. The van der Waals surface area contributed by atoms with Gasteiger partial charge in [-0.05, 0) is 25.7 Å². The van der Waals surface area contributed by atoms with Crippen molar-refractivity contribution >= 4 is 5.96 Å². The summed E-state index contributed by atoms with van der Waals surface area (Å²) in [6.07, 6.45) is 9.28. The molecule has 3 aliphatic rings. The predicted molar refractivity (Wildman–Crippen MR) is 96.5 cm³/mol. The highest BCUT2D eigenvalue weighted by molar-refractivity contribution is 5.79. The fourth-order valence-electron chi connectivity index (χ4n) is 4.34. The average molecular weight is 338 g/mol. The molecule has 2 heterocycles. The van der Waals surface area contributed by atoms with Crippen molar-refractivity contribution in [1.29, 1.82) is 0 Å². The molecule has 1 aliphatic carbocycles. The number of morpholine rings is 1. The van der Waals surface area contributed by atoms with Crippen LogP contribution < -0.4 is 10.6 Å². The van der Waals surface area contributed by atoms with Crippen LogP contribution in [0, 0.1) is 0 Å². The van der Waals surface area contributed by atoms with Gasteiger partial charge in [-0.2, -0.15) is 0 Å². The summed E-state index contributed by atoms with van der Waals surface area (Å²) in [5.41, 5.74) is 0.267. The Kier molecular flexibility index (Phi) is 6.75. The van der Waals surface area contributed by atoms with Crippen LogP contribution in [0.25, 0.3) is 0 Å². The fourth-order valence-corrected chi connectivity index (χ4v) is 4.34. The molecule has 1 saturated carbocycles. The lowest BCUT2D eigenvalue weighted by Gasteiger charge is -2.48. The normalized spacial score (nSPS) is 28.7. The molecule has 1 atom stereocenters. The van der Waals surface area contributed by atoms with Gasteiger partial charge in [0.05, 0.1) is 19.3 Å². The second-order valence-corrected chi connectivity index (χ2v) is 7.33. The van der Waals surface area contributed by atoms with E-state index in [9.17, 15) is 0 Å². The van der Waals surface area contributed by atoms with Crippen LogP contribution in [0.1, 0.15) is 44.9 Å². The van der Waals surface area contributed by atoms with Gasteiger partial charge in [-0.15, -0.1) is 0 Å². The molecule has 0 bridgehead atoms. The van der Waals surface area contributed by atoms with Crippen molar-refractivity contribution in [3.05, 3.63) is 0 Å². The molecule has 0 aromatic heterocycles. The summed E-state index contributed by atoms with van der Waals surface area (Å²) in [5, 5.41) is 7.04. The van der Waals surface area contributed by atoms with Crippen LogP contribution in [0.2, 0.25) is 0 Å². The number of nitrogens with one attached hydrogen (secondary N) is 2. The molecule has 2 saturated heterocycles. The molecular weight excluding hydrogens is 304 g/mol. The number of hydrogen-bond donors (Lipinski definition) is 2. The third-order valence-electron chi connectivity index (χ3n) is 5.80. The molecule has 2 aliphatic heterocycles. The van der Waals surface area contributed by atoms with E-state index in [1.54, 1.807) is 0 Å². The lowest BCUT2D eigenvalue weighted by Crippen LogP contribution is -2.60. The smallest absolute Gasteiger partial charge is 0.191 e. The number of aliphatic imine (C=N–C) groups is 1. The van der Waals surface area contributed by atoms with Crippen LogP contribution in [-0.4, -0.2) is 75.5 Å². The van der Waals surface area contributed by atoms with Gasteiger partial charge in [-0.1, -0.05) is 19.3 Å². The number of nitrogens with zero attached hydrogens (tertiary/aromatic N) is 2. The molecule has 138 valence electrons. The number of guanidine groups is 1. The van der Waals surface area contributed by atoms with Crippen molar-refractivity contribution in [3.8, 4) is 0 Å². The maximum atomic E-state index is 5.69. The maximum Gasteiger partial charge on any atom is 0.191 e. The minimum atomic E-state index is 0.267. The van der Waals surface area contributed by atoms with E-state index in [0.717, 1.165) is 58.4 Å². The largest absolute Gasteiger partial charge is 0.379 e. The van der Waals surface area contributed by atoms with Gasteiger partial charge >= 0.3 is 0 Å².